The van der Waals surface area contributed by atoms with Crippen molar-refractivity contribution in [2.24, 2.45) is 0 Å². The molecule has 1 aromatic carbocycles. The number of anilines is 1. The number of hydrogen-bond donors (Lipinski definition) is 1. The minimum Gasteiger partial charge on any atom is -0.434 e. The summed E-state index contributed by atoms with van der Waals surface area (Å²) in [6, 6.07) is 12.4. The molecule has 7 heteroatoms. The van der Waals surface area contributed by atoms with Gasteiger partial charge in [-0.05, 0) is 41.8 Å². The fourth-order valence-corrected chi connectivity index (χ4v) is 3.13. The number of benzene rings is 1. The Morgan fingerprint density at radius 3 is 2.88 bits per heavy atom. The number of fused-ring (bicyclic) bond motifs is 1. The molecule has 5 nitrogen and oxygen atoms in total. The van der Waals surface area contributed by atoms with E-state index in [1.807, 2.05) is 11.4 Å². The Labute approximate surface area is 145 Å². The van der Waals surface area contributed by atoms with Crippen LogP contribution in [0, 0.1) is 0 Å². The molecule has 0 aliphatic carbocycles. The SMILES string of the molecule is O=C(Nc1ccc(-c2nc3ncccc3o2)c(Cl)c1)c1cccs1. The molecule has 0 saturated carbocycles. The van der Waals surface area contributed by atoms with Crippen LogP contribution < -0.4 is 5.32 Å². The minimum atomic E-state index is -0.167. The molecule has 3 aromatic heterocycles. The topological polar surface area (TPSA) is 68.0 Å². The van der Waals surface area contributed by atoms with Gasteiger partial charge in [0.15, 0.2) is 11.2 Å². The number of nitrogens with zero attached hydrogens (tertiary/aromatic N) is 2. The lowest BCUT2D eigenvalue weighted by Crippen LogP contribution is -2.09. The van der Waals surface area contributed by atoms with Crippen molar-refractivity contribution in [1.29, 1.82) is 0 Å². The van der Waals surface area contributed by atoms with E-state index in [4.69, 9.17) is 16.0 Å². The molecule has 0 atom stereocenters. The van der Waals surface area contributed by atoms with E-state index in [0.29, 0.717) is 38.3 Å². The maximum atomic E-state index is 12.1. The van der Waals surface area contributed by atoms with Gasteiger partial charge in [-0.3, -0.25) is 4.79 Å². The molecule has 0 spiro atoms. The average molecular weight is 356 g/mol. The molecule has 0 saturated heterocycles. The molecule has 1 N–H and O–H groups in total. The smallest absolute Gasteiger partial charge is 0.265 e. The number of aromatic nitrogens is 2. The Bertz CT molecular complexity index is 994. The van der Waals surface area contributed by atoms with Crippen LogP contribution in [0.25, 0.3) is 22.7 Å². The summed E-state index contributed by atoms with van der Waals surface area (Å²) in [7, 11) is 0. The Morgan fingerprint density at radius 2 is 2.12 bits per heavy atom. The fourth-order valence-electron chi connectivity index (χ4n) is 2.25. The van der Waals surface area contributed by atoms with Crippen LogP contribution in [0.5, 0.6) is 0 Å². The third-order valence-corrected chi connectivity index (χ3v) is 4.55. The van der Waals surface area contributed by atoms with Gasteiger partial charge < -0.3 is 9.73 Å². The molecule has 0 unspecified atom stereocenters. The highest BCUT2D eigenvalue weighted by atomic mass is 35.5. The number of thiophene rings is 1. The van der Waals surface area contributed by atoms with E-state index in [1.54, 1.807) is 42.6 Å². The van der Waals surface area contributed by atoms with E-state index in [2.05, 4.69) is 15.3 Å². The largest absolute Gasteiger partial charge is 0.434 e. The van der Waals surface area contributed by atoms with Gasteiger partial charge in [0.05, 0.1) is 15.5 Å². The molecule has 0 aliphatic rings. The van der Waals surface area contributed by atoms with Gasteiger partial charge in [0.25, 0.3) is 5.91 Å². The Balaban J connectivity index is 1.63. The van der Waals surface area contributed by atoms with Gasteiger partial charge in [0.2, 0.25) is 5.89 Å². The van der Waals surface area contributed by atoms with Gasteiger partial charge in [-0.2, -0.15) is 4.98 Å². The number of carbonyl (C=O) groups excluding carboxylic acids is 1. The first kappa shape index (κ1) is 14.9. The van der Waals surface area contributed by atoms with Crippen molar-refractivity contribution in [1.82, 2.24) is 9.97 Å². The van der Waals surface area contributed by atoms with Crippen LogP contribution in [-0.2, 0) is 0 Å². The predicted octanol–water partition coefficient (Wildman–Crippen LogP) is 4.86. The standard InChI is InChI=1S/C17H10ClN3O2S/c18-12-9-10(20-16(22)14-4-2-8-24-14)5-6-11(12)17-21-15-13(23-17)3-1-7-19-15/h1-9H,(H,20,22). The number of amides is 1. The molecular formula is C17H10ClN3O2S. The zero-order valence-electron chi connectivity index (χ0n) is 12.2. The Kier molecular flexibility index (Phi) is 3.76. The minimum absolute atomic E-state index is 0.167. The van der Waals surface area contributed by atoms with Gasteiger partial charge in [0, 0.05) is 11.9 Å². The molecule has 0 fully saturated rings. The molecule has 0 aliphatic heterocycles. The van der Waals surface area contributed by atoms with Gasteiger partial charge in [-0.15, -0.1) is 11.3 Å². The highest BCUT2D eigenvalue weighted by Crippen LogP contribution is 2.31. The normalized spacial score (nSPS) is 10.9. The highest BCUT2D eigenvalue weighted by molar-refractivity contribution is 7.12. The van der Waals surface area contributed by atoms with E-state index in [0.717, 1.165) is 0 Å². The summed E-state index contributed by atoms with van der Waals surface area (Å²) in [6.07, 6.45) is 1.65. The zero-order chi connectivity index (χ0) is 16.5. The second-order valence-electron chi connectivity index (χ2n) is 4.97. The third kappa shape index (κ3) is 2.77. The van der Waals surface area contributed by atoms with E-state index < -0.39 is 0 Å². The molecular weight excluding hydrogens is 346 g/mol. The predicted molar refractivity (Wildman–Crippen MR) is 94.5 cm³/mol. The van der Waals surface area contributed by atoms with Gasteiger partial charge in [-0.25, -0.2) is 4.98 Å². The van der Waals surface area contributed by atoms with Crippen molar-refractivity contribution < 1.29 is 9.21 Å². The van der Waals surface area contributed by atoms with Crippen LogP contribution in [0.2, 0.25) is 5.02 Å². The maximum Gasteiger partial charge on any atom is 0.265 e. The zero-order valence-corrected chi connectivity index (χ0v) is 13.8. The van der Waals surface area contributed by atoms with Crippen LogP contribution in [0.4, 0.5) is 5.69 Å². The number of carbonyl (C=O) groups is 1. The molecule has 0 radical (unpaired) electrons. The summed E-state index contributed by atoms with van der Waals surface area (Å²) in [5.41, 5.74) is 2.37. The monoisotopic (exact) mass is 355 g/mol. The van der Waals surface area contributed by atoms with E-state index in [-0.39, 0.29) is 5.91 Å². The van der Waals surface area contributed by atoms with E-state index in [1.165, 1.54) is 11.3 Å². The number of rotatable bonds is 3. The number of hydrogen-bond acceptors (Lipinski definition) is 5. The van der Waals surface area contributed by atoms with Crippen LogP contribution >= 0.6 is 22.9 Å². The Morgan fingerprint density at radius 1 is 1.21 bits per heavy atom. The van der Waals surface area contributed by atoms with Crippen molar-refractivity contribution in [3.05, 3.63) is 63.9 Å². The van der Waals surface area contributed by atoms with Gasteiger partial charge >= 0.3 is 0 Å². The first-order chi connectivity index (χ1) is 11.7. The molecule has 4 aromatic rings. The second kappa shape index (κ2) is 6.07. The van der Waals surface area contributed by atoms with Crippen molar-refractivity contribution >= 4 is 45.8 Å². The molecule has 0 bridgehead atoms. The van der Waals surface area contributed by atoms with Crippen LogP contribution in [0.3, 0.4) is 0 Å². The third-order valence-electron chi connectivity index (χ3n) is 3.37. The summed E-state index contributed by atoms with van der Waals surface area (Å²) in [6.45, 7) is 0. The van der Waals surface area contributed by atoms with E-state index >= 15 is 0 Å². The summed E-state index contributed by atoms with van der Waals surface area (Å²) in [4.78, 5) is 21.2. The van der Waals surface area contributed by atoms with Gasteiger partial charge in [-0.1, -0.05) is 17.7 Å². The van der Waals surface area contributed by atoms with Crippen molar-refractivity contribution in [2.45, 2.75) is 0 Å². The molecule has 3 heterocycles. The quantitative estimate of drug-likeness (QED) is 0.570. The maximum absolute atomic E-state index is 12.1. The summed E-state index contributed by atoms with van der Waals surface area (Å²) < 4.78 is 5.67. The lowest BCUT2D eigenvalue weighted by Gasteiger charge is -2.06. The number of oxazole rings is 1. The molecule has 24 heavy (non-hydrogen) atoms. The first-order valence-electron chi connectivity index (χ1n) is 7.07. The average Bonchev–Trinajstić information content (AvgIpc) is 3.24. The van der Waals surface area contributed by atoms with Crippen LogP contribution in [0.15, 0.2) is 58.5 Å². The van der Waals surface area contributed by atoms with Crippen molar-refractivity contribution in [3.8, 4) is 11.5 Å². The Hall–Kier alpha value is -2.70. The van der Waals surface area contributed by atoms with Crippen LogP contribution in [-0.4, -0.2) is 15.9 Å². The summed E-state index contributed by atoms with van der Waals surface area (Å²) in [5, 5.41) is 5.10. The summed E-state index contributed by atoms with van der Waals surface area (Å²) in [5.74, 6) is 0.227. The lowest BCUT2D eigenvalue weighted by molar-refractivity contribution is 0.103. The van der Waals surface area contributed by atoms with Crippen LogP contribution in [0.1, 0.15) is 9.67 Å². The molecule has 4 rings (SSSR count). The second-order valence-corrected chi connectivity index (χ2v) is 6.33. The first-order valence-corrected chi connectivity index (χ1v) is 8.33. The number of nitrogens with one attached hydrogen (secondary N) is 1. The molecule has 1 amide bonds. The van der Waals surface area contributed by atoms with Gasteiger partial charge in [0.1, 0.15) is 0 Å². The number of pyridine rings is 1. The van der Waals surface area contributed by atoms with Crippen molar-refractivity contribution in [3.63, 3.8) is 0 Å². The lowest BCUT2D eigenvalue weighted by atomic mass is 10.2. The fraction of sp³-hybridized carbons (Fsp3) is 0. The van der Waals surface area contributed by atoms with Crippen molar-refractivity contribution in [2.75, 3.05) is 5.32 Å². The molecule has 118 valence electrons. The van der Waals surface area contributed by atoms with E-state index in [9.17, 15) is 4.79 Å². The summed E-state index contributed by atoms with van der Waals surface area (Å²) >= 11 is 7.71. The highest BCUT2D eigenvalue weighted by Gasteiger charge is 2.14. The number of halogens is 1.